The largest absolute Gasteiger partial charge is 0.480 e. The minimum absolute atomic E-state index is 0.00752. The molecule has 0 spiro atoms. The number of carboxylic acid groups (broad SMARTS) is 1. The molecular weight excluding hydrogens is 426 g/mol. The van der Waals surface area contributed by atoms with Crippen LogP contribution in [0.2, 0.25) is 5.02 Å². The highest BCUT2D eigenvalue weighted by Gasteiger charge is 2.26. The maximum absolute atomic E-state index is 12.6. The van der Waals surface area contributed by atoms with Crippen LogP contribution in [0, 0.1) is 5.41 Å². The predicted molar refractivity (Wildman–Crippen MR) is 108 cm³/mol. The molecule has 0 aliphatic heterocycles. The number of aliphatic carboxylic acids is 1. The molecular formula is C19H23ClF2N2O4S. The number of hydrogen-bond acceptors (Lipinski definition) is 6. The Morgan fingerprint density at radius 3 is 2.72 bits per heavy atom. The first kappa shape index (κ1) is 23.5. The summed E-state index contributed by atoms with van der Waals surface area (Å²) in [5.41, 5.74) is 0.148. The molecule has 29 heavy (non-hydrogen) atoms. The number of nitrogens with zero attached hydrogens (tertiary/aromatic N) is 1. The van der Waals surface area contributed by atoms with E-state index in [1.165, 1.54) is 29.5 Å². The first-order valence-electron chi connectivity index (χ1n) is 8.80. The third-order valence-corrected chi connectivity index (χ3v) is 5.21. The van der Waals surface area contributed by atoms with Gasteiger partial charge in [0.05, 0.1) is 11.7 Å². The molecule has 6 nitrogen and oxygen atoms in total. The second-order valence-electron chi connectivity index (χ2n) is 7.34. The van der Waals surface area contributed by atoms with E-state index in [9.17, 15) is 13.6 Å². The molecule has 10 heteroatoms. The van der Waals surface area contributed by atoms with Crippen molar-refractivity contribution in [2.24, 2.45) is 5.41 Å². The molecule has 160 valence electrons. The summed E-state index contributed by atoms with van der Waals surface area (Å²) in [5, 5.41) is 12.9. The van der Waals surface area contributed by atoms with Gasteiger partial charge in [0.15, 0.2) is 0 Å². The van der Waals surface area contributed by atoms with Gasteiger partial charge in [0, 0.05) is 29.2 Å². The molecule has 1 atom stereocenters. The van der Waals surface area contributed by atoms with Gasteiger partial charge in [0.1, 0.15) is 17.4 Å². The summed E-state index contributed by atoms with van der Waals surface area (Å²) in [6.45, 7) is 3.50. The third kappa shape index (κ3) is 7.50. The lowest BCUT2D eigenvalue weighted by molar-refractivity contribution is -0.146. The van der Waals surface area contributed by atoms with E-state index in [1.807, 2.05) is 20.8 Å². The van der Waals surface area contributed by atoms with E-state index in [2.05, 4.69) is 15.0 Å². The van der Waals surface area contributed by atoms with E-state index in [0.717, 1.165) is 4.88 Å². The maximum Gasteiger partial charge on any atom is 0.387 e. The van der Waals surface area contributed by atoms with Crippen molar-refractivity contribution in [1.29, 1.82) is 0 Å². The van der Waals surface area contributed by atoms with Crippen molar-refractivity contribution in [1.82, 2.24) is 10.3 Å². The van der Waals surface area contributed by atoms with Crippen LogP contribution < -0.4 is 10.1 Å². The van der Waals surface area contributed by atoms with Gasteiger partial charge >= 0.3 is 12.6 Å². The van der Waals surface area contributed by atoms with Gasteiger partial charge in [-0.15, -0.1) is 11.3 Å². The average molecular weight is 449 g/mol. The van der Waals surface area contributed by atoms with Crippen molar-refractivity contribution in [3.05, 3.63) is 34.3 Å². The van der Waals surface area contributed by atoms with E-state index >= 15 is 0 Å². The lowest BCUT2D eigenvalue weighted by atomic mass is 9.89. The van der Waals surface area contributed by atoms with Crippen molar-refractivity contribution in [2.45, 2.75) is 40.0 Å². The molecule has 1 aromatic heterocycles. The lowest BCUT2D eigenvalue weighted by Crippen LogP contribution is -2.39. The Morgan fingerprint density at radius 1 is 1.38 bits per heavy atom. The van der Waals surface area contributed by atoms with Gasteiger partial charge in [-0.25, -0.2) is 9.78 Å². The summed E-state index contributed by atoms with van der Waals surface area (Å²) in [7, 11) is 0. The Bertz CT molecular complexity index is 827. The number of nitrogens with one attached hydrogen (secondary N) is 1. The molecule has 2 rings (SSSR count). The molecule has 0 bridgehead atoms. The summed E-state index contributed by atoms with van der Waals surface area (Å²) in [6.07, 6.45) is 1.34. The SMILES string of the molecule is CC(C)(C)[C@@H](CNCc1cnc(-c2cc(Cl)ccc2OC(F)F)s1)OCC(=O)O. The maximum atomic E-state index is 12.6. The second-order valence-corrected chi connectivity index (χ2v) is 8.89. The summed E-state index contributed by atoms with van der Waals surface area (Å²) in [4.78, 5) is 15.9. The smallest absolute Gasteiger partial charge is 0.387 e. The van der Waals surface area contributed by atoms with E-state index in [4.69, 9.17) is 21.4 Å². The number of carboxylic acids is 1. The average Bonchev–Trinajstić information content (AvgIpc) is 3.06. The number of alkyl halides is 2. The Kier molecular flexibility index (Phi) is 8.33. The highest BCUT2D eigenvalue weighted by Crippen LogP contribution is 2.36. The number of aromatic nitrogens is 1. The van der Waals surface area contributed by atoms with Crippen molar-refractivity contribution < 1.29 is 28.2 Å². The number of thiazole rings is 1. The molecule has 0 aliphatic rings. The zero-order valence-electron chi connectivity index (χ0n) is 16.2. The Balaban J connectivity index is 2.04. The third-order valence-electron chi connectivity index (χ3n) is 3.94. The fourth-order valence-electron chi connectivity index (χ4n) is 2.50. The molecule has 0 saturated carbocycles. The van der Waals surface area contributed by atoms with Gasteiger partial charge in [-0.05, 0) is 23.6 Å². The number of rotatable bonds is 10. The van der Waals surface area contributed by atoms with Crippen LogP contribution in [0.4, 0.5) is 8.78 Å². The topological polar surface area (TPSA) is 80.7 Å². The molecule has 2 N–H and O–H groups in total. The highest BCUT2D eigenvalue weighted by atomic mass is 35.5. The zero-order chi connectivity index (χ0) is 21.6. The van der Waals surface area contributed by atoms with Gasteiger partial charge in [-0.2, -0.15) is 8.78 Å². The van der Waals surface area contributed by atoms with Crippen LogP contribution in [0.5, 0.6) is 5.75 Å². The first-order chi connectivity index (χ1) is 13.6. The van der Waals surface area contributed by atoms with Crippen LogP contribution in [0.3, 0.4) is 0 Å². The van der Waals surface area contributed by atoms with Crippen LogP contribution in [-0.2, 0) is 16.1 Å². The summed E-state index contributed by atoms with van der Waals surface area (Å²) >= 11 is 7.31. The Morgan fingerprint density at radius 2 is 2.10 bits per heavy atom. The standard InChI is InChI=1S/C19H23ClF2N2O4S/c1-19(2,3)15(27-10-16(25)26)9-23-7-12-8-24-17(29-12)13-6-11(20)4-5-14(13)28-18(21)22/h4-6,8,15,18,23H,7,9-10H2,1-3H3,(H,25,26)/t15-/m1/s1. The highest BCUT2D eigenvalue weighted by molar-refractivity contribution is 7.15. The monoisotopic (exact) mass is 448 g/mol. The number of carbonyl (C=O) groups is 1. The van der Waals surface area contributed by atoms with Crippen LogP contribution in [0.25, 0.3) is 10.6 Å². The normalized spacial score (nSPS) is 12.9. The number of benzene rings is 1. The predicted octanol–water partition coefficient (Wildman–Crippen LogP) is 4.67. The summed E-state index contributed by atoms with van der Waals surface area (Å²) < 4.78 is 35.3. The van der Waals surface area contributed by atoms with Crippen molar-refractivity contribution in [2.75, 3.05) is 13.2 Å². The molecule has 0 unspecified atom stereocenters. The molecule has 2 aromatic rings. The fraction of sp³-hybridized carbons (Fsp3) is 0.474. The molecule has 1 aromatic carbocycles. The minimum Gasteiger partial charge on any atom is -0.480 e. The van der Waals surface area contributed by atoms with E-state index < -0.39 is 12.6 Å². The first-order valence-corrected chi connectivity index (χ1v) is 9.99. The molecule has 1 heterocycles. The zero-order valence-corrected chi connectivity index (χ0v) is 17.8. The Labute approximate surface area is 176 Å². The summed E-state index contributed by atoms with van der Waals surface area (Å²) in [5.74, 6) is -1.01. The van der Waals surface area contributed by atoms with E-state index in [1.54, 1.807) is 6.20 Å². The van der Waals surface area contributed by atoms with Crippen molar-refractivity contribution in [3.8, 4) is 16.3 Å². The van der Waals surface area contributed by atoms with E-state index in [-0.39, 0.29) is 23.9 Å². The van der Waals surface area contributed by atoms with Crippen molar-refractivity contribution in [3.63, 3.8) is 0 Å². The van der Waals surface area contributed by atoms with E-state index in [0.29, 0.717) is 28.7 Å². The molecule has 0 amide bonds. The Hall–Kier alpha value is -1.81. The lowest BCUT2D eigenvalue weighted by Gasteiger charge is -2.30. The molecule has 0 fully saturated rings. The van der Waals surface area contributed by atoms with Gasteiger partial charge in [-0.1, -0.05) is 32.4 Å². The second kappa shape index (κ2) is 10.3. The number of halogens is 3. The van der Waals surface area contributed by atoms with Gasteiger partial charge in [-0.3, -0.25) is 0 Å². The van der Waals surface area contributed by atoms with Crippen LogP contribution in [-0.4, -0.2) is 41.9 Å². The van der Waals surface area contributed by atoms with Gasteiger partial charge < -0.3 is 19.9 Å². The number of hydrogen-bond donors (Lipinski definition) is 2. The number of ether oxygens (including phenoxy) is 2. The van der Waals surface area contributed by atoms with Crippen LogP contribution in [0.15, 0.2) is 24.4 Å². The quantitative estimate of drug-likeness (QED) is 0.549. The fourth-order valence-corrected chi connectivity index (χ4v) is 3.57. The molecule has 0 radical (unpaired) electrons. The van der Waals surface area contributed by atoms with Gasteiger partial charge in [0.2, 0.25) is 0 Å². The minimum atomic E-state index is -2.95. The van der Waals surface area contributed by atoms with Crippen LogP contribution >= 0.6 is 22.9 Å². The summed E-state index contributed by atoms with van der Waals surface area (Å²) in [6, 6.07) is 4.39. The molecule has 0 saturated heterocycles. The van der Waals surface area contributed by atoms with Gasteiger partial charge in [0.25, 0.3) is 0 Å². The van der Waals surface area contributed by atoms with Crippen LogP contribution in [0.1, 0.15) is 25.6 Å². The molecule has 0 aliphatic carbocycles. The van der Waals surface area contributed by atoms with Crippen molar-refractivity contribution >= 4 is 28.9 Å².